The Morgan fingerprint density at radius 1 is 1.24 bits per heavy atom. The summed E-state index contributed by atoms with van der Waals surface area (Å²) in [5.74, 6) is 0.0641. The average molecular weight is 307 g/mol. The molecule has 0 unspecified atom stereocenters. The van der Waals surface area contributed by atoms with E-state index in [4.69, 9.17) is 0 Å². The molecule has 0 aliphatic heterocycles. The fraction of sp³-hybridized carbons (Fsp3) is 0.286. The minimum Gasteiger partial charge on any atom is -0.305 e. The fourth-order valence-corrected chi connectivity index (χ4v) is 2.51. The number of amides is 1. The number of sulfone groups is 1. The molecule has 6 nitrogen and oxygen atoms in total. The molecule has 0 aliphatic carbocycles. The quantitative estimate of drug-likeness (QED) is 0.907. The Balaban J connectivity index is 2.37. The summed E-state index contributed by atoms with van der Waals surface area (Å²) in [5.41, 5.74) is 2.73. The van der Waals surface area contributed by atoms with Crippen LogP contribution < -0.4 is 5.32 Å². The number of anilines is 1. The van der Waals surface area contributed by atoms with E-state index in [2.05, 4.69) is 15.5 Å². The largest absolute Gasteiger partial charge is 0.305 e. The second-order valence-electron chi connectivity index (χ2n) is 5.03. The highest BCUT2D eigenvalue weighted by Crippen LogP contribution is 2.19. The van der Waals surface area contributed by atoms with Crippen molar-refractivity contribution in [2.24, 2.45) is 0 Å². The lowest BCUT2D eigenvalue weighted by Crippen LogP contribution is -2.15. The average Bonchev–Trinajstić information content (AvgIpc) is 2.69. The van der Waals surface area contributed by atoms with Gasteiger partial charge in [-0.05, 0) is 38.5 Å². The Labute approximate surface area is 123 Å². The molecule has 21 heavy (non-hydrogen) atoms. The van der Waals surface area contributed by atoms with Crippen LogP contribution in [0.2, 0.25) is 0 Å². The van der Waals surface area contributed by atoms with Crippen LogP contribution >= 0.6 is 0 Å². The molecule has 1 aromatic carbocycles. The van der Waals surface area contributed by atoms with Crippen LogP contribution in [0.25, 0.3) is 0 Å². The number of aromatic amines is 1. The number of hydrogen-bond acceptors (Lipinski definition) is 4. The van der Waals surface area contributed by atoms with Crippen LogP contribution in [0.4, 0.5) is 5.82 Å². The van der Waals surface area contributed by atoms with Gasteiger partial charge in [-0.25, -0.2) is 8.42 Å². The number of carbonyl (C=O) groups is 1. The van der Waals surface area contributed by atoms with Gasteiger partial charge in [-0.2, -0.15) is 5.10 Å². The zero-order valence-electron chi connectivity index (χ0n) is 12.3. The van der Waals surface area contributed by atoms with Gasteiger partial charge < -0.3 is 5.32 Å². The number of nitrogens with one attached hydrogen (secondary N) is 2. The normalized spacial score (nSPS) is 11.4. The monoisotopic (exact) mass is 307 g/mol. The van der Waals surface area contributed by atoms with Gasteiger partial charge in [0.05, 0.1) is 4.90 Å². The number of hydrogen-bond donors (Lipinski definition) is 2. The van der Waals surface area contributed by atoms with E-state index in [1.807, 2.05) is 13.8 Å². The first-order valence-corrected chi connectivity index (χ1v) is 8.23. The minimum atomic E-state index is -3.35. The molecule has 0 atom stereocenters. The summed E-state index contributed by atoms with van der Waals surface area (Å²) in [7, 11) is -3.35. The van der Waals surface area contributed by atoms with Gasteiger partial charge in [0.15, 0.2) is 15.7 Å². The number of aromatic nitrogens is 2. The zero-order valence-corrected chi connectivity index (χ0v) is 13.1. The predicted molar refractivity (Wildman–Crippen MR) is 80.3 cm³/mol. The summed E-state index contributed by atoms with van der Waals surface area (Å²) in [4.78, 5) is 12.4. The van der Waals surface area contributed by atoms with Gasteiger partial charge in [-0.3, -0.25) is 9.89 Å². The molecular weight excluding hydrogens is 290 g/mol. The topological polar surface area (TPSA) is 91.9 Å². The minimum absolute atomic E-state index is 0.119. The Morgan fingerprint density at radius 2 is 1.90 bits per heavy atom. The standard InChI is InChI=1S/C14H17N3O3S/c1-8-5-6-11(21(4,19)20)7-12(8)14(18)15-13-9(2)10(3)16-17-13/h5-7H,1-4H3,(H2,15,16,17,18). The summed E-state index contributed by atoms with van der Waals surface area (Å²) < 4.78 is 23.2. The van der Waals surface area contributed by atoms with Crippen molar-refractivity contribution < 1.29 is 13.2 Å². The molecule has 0 saturated carbocycles. The van der Waals surface area contributed by atoms with Gasteiger partial charge in [0, 0.05) is 23.1 Å². The maximum atomic E-state index is 12.3. The van der Waals surface area contributed by atoms with Crippen molar-refractivity contribution in [1.82, 2.24) is 10.2 Å². The van der Waals surface area contributed by atoms with Crippen molar-refractivity contribution in [3.63, 3.8) is 0 Å². The van der Waals surface area contributed by atoms with Crippen LogP contribution in [0.3, 0.4) is 0 Å². The Hall–Kier alpha value is -2.15. The van der Waals surface area contributed by atoms with Crippen molar-refractivity contribution in [2.45, 2.75) is 25.7 Å². The molecule has 7 heteroatoms. The van der Waals surface area contributed by atoms with Gasteiger partial charge in [0.2, 0.25) is 0 Å². The van der Waals surface area contributed by atoms with Crippen LogP contribution in [0, 0.1) is 20.8 Å². The Kier molecular flexibility index (Phi) is 3.87. The smallest absolute Gasteiger partial charge is 0.257 e. The molecule has 0 spiro atoms. The van der Waals surface area contributed by atoms with E-state index in [1.54, 1.807) is 13.0 Å². The number of benzene rings is 1. The maximum Gasteiger partial charge on any atom is 0.257 e. The zero-order chi connectivity index (χ0) is 15.8. The summed E-state index contributed by atoms with van der Waals surface area (Å²) in [5, 5.41) is 9.48. The molecule has 0 saturated heterocycles. The van der Waals surface area contributed by atoms with E-state index < -0.39 is 9.84 Å². The van der Waals surface area contributed by atoms with Crippen LogP contribution in [-0.2, 0) is 9.84 Å². The van der Waals surface area contributed by atoms with Gasteiger partial charge in [0.25, 0.3) is 5.91 Å². The van der Waals surface area contributed by atoms with E-state index in [0.717, 1.165) is 17.5 Å². The third-order valence-corrected chi connectivity index (χ3v) is 4.48. The molecule has 1 amide bonds. The summed E-state index contributed by atoms with van der Waals surface area (Å²) >= 11 is 0. The third kappa shape index (κ3) is 3.13. The molecule has 0 radical (unpaired) electrons. The number of rotatable bonds is 3. The highest BCUT2D eigenvalue weighted by Gasteiger charge is 2.16. The van der Waals surface area contributed by atoms with Crippen molar-refractivity contribution >= 4 is 21.6 Å². The van der Waals surface area contributed by atoms with E-state index in [-0.39, 0.29) is 10.8 Å². The maximum absolute atomic E-state index is 12.3. The predicted octanol–water partition coefficient (Wildman–Crippen LogP) is 1.99. The third-order valence-electron chi connectivity index (χ3n) is 3.37. The van der Waals surface area contributed by atoms with Crippen molar-refractivity contribution in [3.05, 3.63) is 40.6 Å². The SMILES string of the molecule is Cc1ccc(S(C)(=O)=O)cc1C(=O)Nc1n[nH]c(C)c1C. The Morgan fingerprint density at radius 3 is 2.43 bits per heavy atom. The molecule has 0 aliphatic rings. The van der Waals surface area contributed by atoms with Crippen LogP contribution in [0.1, 0.15) is 27.2 Å². The van der Waals surface area contributed by atoms with E-state index in [9.17, 15) is 13.2 Å². The summed E-state index contributed by atoms with van der Waals surface area (Å²) in [6.07, 6.45) is 1.11. The molecule has 2 N–H and O–H groups in total. The van der Waals surface area contributed by atoms with E-state index in [0.29, 0.717) is 16.9 Å². The van der Waals surface area contributed by atoms with E-state index >= 15 is 0 Å². The molecule has 1 aromatic heterocycles. The lowest BCUT2D eigenvalue weighted by Gasteiger charge is -2.08. The van der Waals surface area contributed by atoms with Crippen LogP contribution in [0.15, 0.2) is 23.1 Å². The lowest BCUT2D eigenvalue weighted by molar-refractivity contribution is 0.102. The van der Waals surface area contributed by atoms with Crippen molar-refractivity contribution in [2.75, 3.05) is 11.6 Å². The van der Waals surface area contributed by atoms with Gasteiger partial charge in [0.1, 0.15) is 0 Å². The number of nitrogens with zero attached hydrogens (tertiary/aromatic N) is 1. The molecular formula is C14H17N3O3S. The van der Waals surface area contributed by atoms with Gasteiger partial charge >= 0.3 is 0 Å². The second-order valence-corrected chi connectivity index (χ2v) is 7.04. The van der Waals surface area contributed by atoms with E-state index in [1.165, 1.54) is 12.1 Å². The fourth-order valence-electron chi connectivity index (χ4n) is 1.86. The number of H-pyrrole nitrogens is 1. The molecule has 112 valence electrons. The molecule has 1 heterocycles. The number of aryl methyl sites for hydroxylation is 2. The Bertz CT molecular complexity index is 807. The van der Waals surface area contributed by atoms with Gasteiger partial charge in [-0.1, -0.05) is 6.07 Å². The summed E-state index contributed by atoms with van der Waals surface area (Å²) in [6, 6.07) is 4.49. The highest BCUT2D eigenvalue weighted by molar-refractivity contribution is 7.90. The lowest BCUT2D eigenvalue weighted by atomic mass is 10.1. The molecule has 0 bridgehead atoms. The number of carbonyl (C=O) groups excluding carboxylic acids is 1. The van der Waals surface area contributed by atoms with Crippen LogP contribution in [0.5, 0.6) is 0 Å². The second kappa shape index (κ2) is 5.33. The van der Waals surface area contributed by atoms with Crippen molar-refractivity contribution in [1.29, 1.82) is 0 Å². The first-order chi connectivity index (χ1) is 9.70. The molecule has 2 aromatic rings. The van der Waals surface area contributed by atoms with Crippen LogP contribution in [-0.4, -0.2) is 30.8 Å². The molecule has 2 rings (SSSR count). The highest BCUT2D eigenvalue weighted by atomic mass is 32.2. The van der Waals surface area contributed by atoms with Gasteiger partial charge in [-0.15, -0.1) is 0 Å². The summed E-state index contributed by atoms with van der Waals surface area (Å²) in [6.45, 7) is 5.45. The van der Waals surface area contributed by atoms with Crippen molar-refractivity contribution in [3.8, 4) is 0 Å². The first kappa shape index (κ1) is 15.2. The first-order valence-electron chi connectivity index (χ1n) is 6.34. The molecule has 0 fully saturated rings.